The molecule has 0 radical (unpaired) electrons. The molecule has 20 heavy (non-hydrogen) atoms. The van der Waals surface area contributed by atoms with Crippen LogP contribution >= 0.6 is 0 Å². The number of alkyl halides is 3. The molecule has 104 valence electrons. The first-order valence-electron chi connectivity index (χ1n) is 6.40. The number of pyridine rings is 1. The monoisotopic (exact) mass is 278 g/mol. The van der Waals surface area contributed by atoms with Crippen LogP contribution in [0.4, 0.5) is 19.0 Å². The highest BCUT2D eigenvalue weighted by Crippen LogP contribution is 2.42. The van der Waals surface area contributed by atoms with Gasteiger partial charge in [-0.2, -0.15) is 13.2 Å². The van der Waals surface area contributed by atoms with E-state index in [0.717, 1.165) is 12.5 Å². The minimum absolute atomic E-state index is 0.161. The lowest BCUT2D eigenvalue weighted by Crippen LogP contribution is -2.11. The van der Waals surface area contributed by atoms with Crippen molar-refractivity contribution in [3.8, 4) is 0 Å². The van der Waals surface area contributed by atoms with Crippen molar-refractivity contribution in [2.75, 3.05) is 5.32 Å². The van der Waals surface area contributed by atoms with Gasteiger partial charge in [0, 0.05) is 12.0 Å². The predicted octanol–water partition coefficient (Wildman–Crippen LogP) is 4.07. The summed E-state index contributed by atoms with van der Waals surface area (Å²) in [6.07, 6.45) is -3.48. The maximum Gasteiger partial charge on any atom is 0.433 e. The van der Waals surface area contributed by atoms with Gasteiger partial charge in [0.05, 0.1) is 0 Å². The van der Waals surface area contributed by atoms with Gasteiger partial charge in [-0.25, -0.2) is 4.98 Å². The van der Waals surface area contributed by atoms with Crippen LogP contribution in [-0.4, -0.2) is 11.0 Å². The molecular weight excluding hydrogens is 265 g/mol. The van der Waals surface area contributed by atoms with E-state index in [1.165, 1.54) is 11.6 Å². The van der Waals surface area contributed by atoms with E-state index in [9.17, 15) is 13.2 Å². The Balaban J connectivity index is 1.69. The normalized spacial score (nSPS) is 21.6. The van der Waals surface area contributed by atoms with E-state index in [-0.39, 0.29) is 11.9 Å². The summed E-state index contributed by atoms with van der Waals surface area (Å²) in [5, 5.41) is 3.07. The zero-order valence-corrected chi connectivity index (χ0v) is 10.6. The predicted molar refractivity (Wildman–Crippen MR) is 70.4 cm³/mol. The molecule has 0 spiro atoms. The molecule has 2 atom stereocenters. The third-order valence-electron chi connectivity index (χ3n) is 3.39. The van der Waals surface area contributed by atoms with Gasteiger partial charge in [0.25, 0.3) is 0 Å². The van der Waals surface area contributed by atoms with Crippen LogP contribution in [0.5, 0.6) is 0 Å². The number of hydrogen-bond acceptors (Lipinski definition) is 2. The summed E-state index contributed by atoms with van der Waals surface area (Å²) in [5.41, 5.74) is 0.344. The smallest absolute Gasteiger partial charge is 0.367 e. The van der Waals surface area contributed by atoms with E-state index < -0.39 is 11.9 Å². The fraction of sp³-hybridized carbons (Fsp3) is 0.267. The van der Waals surface area contributed by atoms with Crippen molar-refractivity contribution in [3.05, 3.63) is 59.8 Å². The maximum atomic E-state index is 12.6. The van der Waals surface area contributed by atoms with Crippen LogP contribution in [0.3, 0.4) is 0 Å². The van der Waals surface area contributed by atoms with Crippen LogP contribution in [0.1, 0.15) is 23.6 Å². The number of anilines is 1. The number of nitrogens with zero attached hydrogens (tertiary/aromatic N) is 1. The minimum Gasteiger partial charge on any atom is -0.367 e. The molecule has 3 rings (SSSR count). The van der Waals surface area contributed by atoms with Gasteiger partial charge in [0.2, 0.25) is 0 Å². The molecule has 1 aromatic heterocycles. The zero-order chi connectivity index (χ0) is 14.2. The highest BCUT2D eigenvalue weighted by Gasteiger charge is 2.39. The highest BCUT2D eigenvalue weighted by molar-refractivity contribution is 5.42. The van der Waals surface area contributed by atoms with Crippen molar-refractivity contribution < 1.29 is 13.2 Å². The van der Waals surface area contributed by atoms with E-state index in [2.05, 4.69) is 10.3 Å². The standard InChI is InChI=1S/C15H13F3N2/c16-15(17,18)13-7-4-8-14(20-13)19-12-9-11(12)10-5-2-1-3-6-10/h1-8,11-12H,9H2,(H,19,20). The Hall–Kier alpha value is -2.04. The van der Waals surface area contributed by atoms with Gasteiger partial charge >= 0.3 is 6.18 Å². The molecule has 2 unspecified atom stereocenters. The van der Waals surface area contributed by atoms with Gasteiger partial charge in [0.1, 0.15) is 11.5 Å². The molecule has 0 saturated heterocycles. The number of aromatic nitrogens is 1. The Morgan fingerprint density at radius 2 is 1.75 bits per heavy atom. The van der Waals surface area contributed by atoms with Crippen molar-refractivity contribution in [2.45, 2.75) is 24.6 Å². The summed E-state index contributed by atoms with van der Waals surface area (Å²) >= 11 is 0. The second-order valence-electron chi connectivity index (χ2n) is 4.91. The molecule has 1 N–H and O–H groups in total. The Bertz CT molecular complexity index is 596. The first-order valence-corrected chi connectivity index (χ1v) is 6.40. The summed E-state index contributed by atoms with van der Waals surface area (Å²) in [7, 11) is 0. The van der Waals surface area contributed by atoms with Crippen molar-refractivity contribution in [2.24, 2.45) is 0 Å². The molecule has 0 aliphatic heterocycles. The van der Waals surface area contributed by atoms with Gasteiger partial charge in [-0.05, 0) is 24.1 Å². The fourth-order valence-corrected chi connectivity index (χ4v) is 2.29. The van der Waals surface area contributed by atoms with Crippen LogP contribution in [0, 0.1) is 0 Å². The molecule has 1 aliphatic carbocycles. The summed E-state index contributed by atoms with van der Waals surface area (Å²) in [6, 6.07) is 14.0. The minimum atomic E-state index is -4.40. The van der Waals surface area contributed by atoms with Crippen molar-refractivity contribution >= 4 is 5.82 Å². The van der Waals surface area contributed by atoms with E-state index in [1.807, 2.05) is 30.3 Å². The lowest BCUT2D eigenvalue weighted by molar-refractivity contribution is -0.141. The van der Waals surface area contributed by atoms with Gasteiger partial charge < -0.3 is 5.32 Å². The third-order valence-corrected chi connectivity index (χ3v) is 3.39. The summed E-state index contributed by atoms with van der Waals surface area (Å²) < 4.78 is 37.7. The quantitative estimate of drug-likeness (QED) is 0.915. The molecule has 1 fully saturated rings. The topological polar surface area (TPSA) is 24.9 Å². The Kier molecular flexibility index (Phi) is 3.12. The summed E-state index contributed by atoms with van der Waals surface area (Å²) in [4.78, 5) is 3.62. The van der Waals surface area contributed by atoms with E-state index in [1.54, 1.807) is 6.07 Å². The third kappa shape index (κ3) is 2.76. The van der Waals surface area contributed by atoms with Crippen LogP contribution in [0.15, 0.2) is 48.5 Å². The number of halogens is 3. The molecule has 0 bridgehead atoms. The summed E-state index contributed by atoms with van der Waals surface area (Å²) in [6.45, 7) is 0. The first kappa shape index (κ1) is 13.0. The van der Waals surface area contributed by atoms with Crippen LogP contribution < -0.4 is 5.32 Å². The second kappa shape index (κ2) is 4.81. The Morgan fingerprint density at radius 1 is 1.00 bits per heavy atom. The Morgan fingerprint density at radius 3 is 2.45 bits per heavy atom. The van der Waals surface area contributed by atoms with Crippen LogP contribution in [0.25, 0.3) is 0 Å². The van der Waals surface area contributed by atoms with Crippen LogP contribution in [-0.2, 0) is 6.18 Å². The largest absolute Gasteiger partial charge is 0.433 e. The number of rotatable bonds is 3. The molecule has 2 nitrogen and oxygen atoms in total. The Labute approximate surface area is 114 Å². The molecule has 1 aromatic carbocycles. The zero-order valence-electron chi connectivity index (χ0n) is 10.6. The molecule has 0 amide bonds. The average molecular weight is 278 g/mol. The van der Waals surface area contributed by atoms with Gasteiger partial charge in [-0.15, -0.1) is 0 Å². The molecular formula is C15H13F3N2. The van der Waals surface area contributed by atoms with Crippen molar-refractivity contribution in [3.63, 3.8) is 0 Å². The van der Waals surface area contributed by atoms with Gasteiger partial charge in [-0.1, -0.05) is 36.4 Å². The van der Waals surface area contributed by atoms with E-state index >= 15 is 0 Å². The van der Waals surface area contributed by atoms with Crippen molar-refractivity contribution in [1.29, 1.82) is 0 Å². The molecule has 2 aromatic rings. The molecule has 1 saturated carbocycles. The number of hydrogen-bond donors (Lipinski definition) is 1. The maximum absolute atomic E-state index is 12.6. The SMILES string of the molecule is FC(F)(F)c1cccc(NC2CC2c2ccccc2)n1. The second-order valence-corrected chi connectivity index (χ2v) is 4.91. The van der Waals surface area contributed by atoms with Crippen molar-refractivity contribution in [1.82, 2.24) is 4.98 Å². The molecule has 1 aliphatic rings. The van der Waals surface area contributed by atoms with Gasteiger partial charge in [-0.3, -0.25) is 0 Å². The lowest BCUT2D eigenvalue weighted by Gasteiger charge is -2.09. The number of benzene rings is 1. The lowest BCUT2D eigenvalue weighted by atomic mass is 10.1. The van der Waals surface area contributed by atoms with E-state index in [0.29, 0.717) is 5.92 Å². The highest BCUT2D eigenvalue weighted by atomic mass is 19.4. The van der Waals surface area contributed by atoms with Gasteiger partial charge in [0.15, 0.2) is 0 Å². The fourth-order valence-electron chi connectivity index (χ4n) is 2.29. The molecule has 5 heteroatoms. The first-order chi connectivity index (χ1) is 9.54. The average Bonchev–Trinajstić information content (AvgIpc) is 3.18. The van der Waals surface area contributed by atoms with E-state index in [4.69, 9.17) is 0 Å². The number of nitrogens with one attached hydrogen (secondary N) is 1. The van der Waals surface area contributed by atoms with Crippen LogP contribution in [0.2, 0.25) is 0 Å². The summed E-state index contributed by atoms with van der Waals surface area (Å²) in [5.74, 6) is 0.635. The molecule has 1 heterocycles.